The van der Waals surface area contributed by atoms with E-state index in [1.807, 2.05) is 13.0 Å². The molecular formula is C15H24N2O3S2. The van der Waals surface area contributed by atoms with Crippen LogP contribution >= 0.6 is 11.3 Å². The maximum Gasteiger partial charge on any atom is 0.239 e. The number of nitrogens with zero attached hydrogens (tertiary/aromatic N) is 2. The predicted octanol–water partition coefficient (Wildman–Crippen LogP) is 2.39. The molecule has 1 aliphatic rings. The molecule has 5 nitrogen and oxygen atoms in total. The summed E-state index contributed by atoms with van der Waals surface area (Å²) in [6, 6.07) is 4.14. The largest absolute Gasteiger partial charge is 0.334 e. The van der Waals surface area contributed by atoms with E-state index in [2.05, 4.69) is 6.07 Å². The van der Waals surface area contributed by atoms with Crippen LogP contribution in [0.5, 0.6) is 0 Å². The Bertz CT molecular complexity index is 620. The fraction of sp³-hybridized carbons (Fsp3) is 0.667. The molecule has 1 aliphatic heterocycles. The van der Waals surface area contributed by atoms with Crippen molar-refractivity contribution in [3.63, 3.8) is 0 Å². The third kappa shape index (κ3) is 3.70. The summed E-state index contributed by atoms with van der Waals surface area (Å²) in [7, 11) is -3.51. The number of thiophene rings is 1. The molecule has 2 heterocycles. The number of carbonyl (C=O) groups is 1. The number of hydrogen-bond acceptors (Lipinski definition) is 4. The molecule has 0 unspecified atom stereocenters. The zero-order valence-corrected chi connectivity index (χ0v) is 15.0. The van der Waals surface area contributed by atoms with Crippen molar-refractivity contribution in [1.82, 2.24) is 9.21 Å². The monoisotopic (exact) mass is 344 g/mol. The molecule has 2 rings (SSSR count). The van der Waals surface area contributed by atoms with Crippen LogP contribution in [0.25, 0.3) is 0 Å². The van der Waals surface area contributed by atoms with Gasteiger partial charge in [-0.3, -0.25) is 4.79 Å². The summed E-state index contributed by atoms with van der Waals surface area (Å²) in [5, 5.41) is 0. The summed E-state index contributed by atoms with van der Waals surface area (Å²) in [6.45, 7) is 7.07. The number of aryl methyl sites for hydroxylation is 1. The molecule has 0 spiro atoms. The van der Waals surface area contributed by atoms with Gasteiger partial charge >= 0.3 is 0 Å². The molecule has 1 aromatic rings. The topological polar surface area (TPSA) is 57.7 Å². The lowest BCUT2D eigenvalue weighted by Gasteiger charge is -2.25. The summed E-state index contributed by atoms with van der Waals surface area (Å²) in [5.74, 6) is -0.698. The van der Waals surface area contributed by atoms with Gasteiger partial charge in [-0.15, -0.1) is 11.3 Å². The molecule has 0 aromatic carbocycles. The van der Waals surface area contributed by atoms with E-state index in [-0.39, 0.29) is 11.9 Å². The normalized spacial score (nSPS) is 19.1. The Morgan fingerprint density at radius 1 is 1.36 bits per heavy atom. The van der Waals surface area contributed by atoms with E-state index in [1.165, 1.54) is 9.18 Å². The first-order valence-corrected chi connectivity index (χ1v) is 10.1. The van der Waals surface area contributed by atoms with E-state index in [0.717, 1.165) is 17.7 Å². The van der Waals surface area contributed by atoms with E-state index in [1.54, 1.807) is 30.1 Å². The number of amides is 1. The Morgan fingerprint density at radius 3 is 2.59 bits per heavy atom. The van der Waals surface area contributed by atoms with Crippen LogP contribution in [0.15, 0.2) is 12.1 Å². The van der Waals surface area contributed by atoms with Gasteiger partial charge in [0.1, 0.15) is 5.75 Å². The van der Waals surface area contributed by atoms with Crippen LogP contribution in [0.2, 0.25) is 0 Å². The molecule has 0 N–H and O–H groups in total. The minimum absolute atomic E-state index is 0.0399. The summed E-state index contributed by atoms with van der Waals surface area (Å²) in [6.07, 6.45) is 1.84. The van der Waals surface area contributed by atoms with Crippen LogP contribution in [0.1, 0.15) is 42.5 Å². The Morgan fingerprint density at radius 2 is 2.05 bits per heavy atom. The number of carbonyl (C=O) groups excluding carboxylic acids is 1. The molecule has 0 bridgehead atoms. The molecule has 124 valence electrons. The second kappa shape index (κ2) is 7.10. The van der Waals surface area contributed by atoms with E-state index in [4.69, 9.17) is 0 Å². The Hall–Kier alpha value is -0.920. The summed E-state index contributed by atoms with van der Waals surface area (Å²) < 4.78 is 25.9. The standard InChI is InChI=1S/C15H24N2O3S2/c1-4-16(5-2)22(19,20)11-15(18)17-10-6-7-13(17)14-9-8-12(3)21-14/h8-9,13H,4-7,10-11H2,1-3H3/t13-/m1/s1. The first kappa shape index (κ1) is 17.4. The maximum atomic E-state index is 12.5. The lowest BCUT2D eigenvalue weighted by molar-refractivity contribution is -0.129. The van der Waals surface area contributed by atoms with Crippen molar-refractivity contribution in [2.24, 2.45) is 0 Å². The molecule has 22 heavy (non-hydrogen) atoms. The van der Waals surface area contributed by atoms with Crippen LogP contribution in [0, 0.1) is 6.92 Å². The first-order valence-electron chi connectivity index (χ1n) is 7.72. The molecule has 0 aliphatic carbocycles. The minimum Gasteiger partial charge on any atom is -0.334 e. The number of hydrogen-bond donors (Lipinski definition) is 0. The van der Waals surface area contributed by atoms with Gasteiger partial charge in [-0.1, -0.05) is 13.8 Å². The van der Waals surface area contributed by atoms with Crippen LogP contribution in [0.4, 0.5) is 0 Å². The van der Waals surface area contributed by atoms with E-state index in [0.29, 0.717) is 19.6 Å². The lowest BCUT2D eigenvalue weighted by Crippen LogP contribution is -2.41. The smallest absolute Gasteiger partial charge is 0.239 e. The maximum absolute atomic E-state index is 12.5. The zero-order valence-electron chi connectivity index (χ0n) is 13.4. The number of rotatable bonds is 6. The van der Waals surface area contributed by atoms with E-state index in [9.17, 15) is 13.2 Å². The van der Waals surface area contributed by atoms with E-state index < -0.39 is 15.8 Å². The fourth-order valence-electron chi connectivity index (χ4n) is 2.94. The van der Waals surface area contributed by atoms with Gasteiger partial charge in [0.25, 0.3) is 0 Å². The van der Waals surface area contributed by atoms with Gasteiger partial charge in [0.15, 0.2) is 0 Å². The molecular weight excluding hydrogens is 320 g/mol. The summed E-state index contributed by atoms with van der Waals surface area (Å²) >= 11 is 1.69. The molecule has 1 atom stereocenters. The van der Waals surface area contributed by atoms with Gasteiger partial charge in [-0.2, -0.15) is 0 Å². The van der Waals surface area contributed by atoms with Crippen LogP contribution in [-0.4, -0.2) is 48.9 Å². The van der Waals surface area contributed by atoms with Crippen molar-refractivity contribution in [3.05, 3.63) is 21.9 Å². The molecule has 1 aromatic heterocycles. The predicted molar refractivity (Wildman–Crippen MR) is 89.5 cm³/mol. The summed E-state index contributed by atoms with van der Waals surface area (Å²) in [4.78, 5) is 16.6. The molecule has 1 amide bonds. The highest BCUT2D eigenvalue weighted by Gasteiger charge is 2.34. The second-order valence-electron chi connectivity index (χ2n) is 5.53. The van der Waals surface area contributed by atoms with Gasteiger partial charge in [0.2, 0.25) is 15.9 Å². The minimum atomic E-state index is -3.51. The van der Waals surface area contributed by atoms with Gasteiger partial charge in [0.05, 0.1) is 6.04 Å². The van der Waals surface area contributed by atoms with Crippen molar-refractivity contribution < 1.29 is 13.2 Å². The molecule has 0 radical (unpaired) electrons. The quantitative estimate of drug-likeness (QED) is 0.796. The molecule has 1 fully saturated rings. The van der Waals surface area contributed by atoms with Crippen molar-refractivity contribution in [2.45, 2.75) is 39.7 Å². The van der Waals surface area contributed by atoms with Gasteiger partial charge in [0, 0.05) is 29.4 Å². The van der Waals surface area contributed by atoms with Crippen molar-refractivity contribution in [3.8, 4) is 0 Å². The van der Waals surface area contributed by atoms with Gasteiger partial charge in [-0.25, -0.2) is 12.7 Å². The Balaban J connectivity index is 2.11. The van der Waals surface area contributed by atoms with Gasteiger partial charge in [-0.05, 0) is 31.9 Å². The number of likely N-dealkylation sites (tertiary alicyclic amines) is 1. The third-order valence-electron chi connectivity index (χ3n) is 4.07. The highest BCUT2D eigenvalue weighted by molar-refractivity contribution is 7.89. The molecule has 0 saturated carbocycles. The lowest BCUT2D eigenvalue weighted by atomic mass is 10.2. The van der Waals surface area contributed by atoms with Gasteiger partial charge < -0.3 is 4.90 Å². The average molecular weight is 345 g/mol. The van der Waals surface area contributed by atoms with Crippen LogP contribution in [0.3, 0.4) is 0 Å². The second-order valence-corrected chi connectivity index (χ2v) is 8.82. The van der Waals surface area contributed by atoms with Crippen molar-refractivity contribution >= 4 is 27.3 Å². The zero-order chi connectivity index (χ0) is 16.3. The van der Waals surface area contributed by atoms with E-state index >= 15 is 0 Å². The molecule has 1 saturated heterocycles. The average Bonchev–Trinajstić information content (AvgIpc) is 3.07. The SMILES string of the molecule is CCN(CC)S(=O)(=O)CC(=O)N1CCC[C@@H]1c1ccc(C)s1. The third-order valence-corrected chi connectivity index (χ3v) is 7.08. The van der Waals surface area contributed by atoms with Crippen LogP contribution < -0.4 is 0 Å². The highest BCUT2D eigenvalue weighted by Crippen LogP contribution is 2.35. The number of sulfonamides is 1. The fourth-order valence-corrected chi connectivity index (χ4v) is 5.41. The van der Waals surface area contributed by atoms with Crippen molar-refractivity contribution in [2.75, 3.05) is 25.4 Å². The summed E-state index contributed by atoms with van der Waals surface area (Å²) in [5.41, 5.74) is 0. The highest BCUT2D eigenvalue weighted by atomic mass is 32.2. The first-order chi connectivity index (χ1) is 10.4. The Kier molecular flexibility index (Phi) is 5.63. The van der Waals surface area contributed by atoms with Crippen LogP contribution in [-0.2, 0) is 14.8 Å². The van der Waals surface area contributed by atoms with Crippen molar-refractivity contribution in [1.29, 1.82) is 0 Å². The Labute approximate surface area is 137 Å². The molecule has 7 heteroatoms.